The predicted molar refractivity (Wildman–Crippen MR) is 87.3 cm³/mol. The van der Waals surface area contributed by atoms with E-state index in [0.717, 1.165) is 24.4 Å². The molecule has 0 saturated heterocycles. The molecule has 0 spiro atoms. The zero-order valence-corrected chi connectivity index (χ0v) is 13.5. The van der Waals surface area contributed by atoms with Crippen molar-refractivity contribution < 1.29 is 4.79 Å². The molecule has 0 aliphatic heterocycles. The molecule has 22 heavy (non-hydrogen) atoms. The number of aromatic nitrogens is 3. The Balaban J connectivity index is 1.68. The Kier molecular flexibility index (Phi) is 4.06. The molecule has 1 aliphatic rings. The molecule has 116 valence electrons. The topological polar surface area (TPSA) is 77.0 Å². The van der Waals surface area contributed by atoms with Crippen LogP contribution in [0.15, 0.2) is 35.5 Å². The minimum absolute atomic E-state index is 0.00664. The molecule has 1 aromatic heterocycles. The van der Waals surface area contributed by atoms with Gasteiger partial charge in [0.15, 0.2) is 5.82 Å². The van der Waals surface area contributed by atoms with Crippen LogP contribution in [0.5, 0.6) is 0 Å². The average Bonchev–Trinajstić information content (AvgIpc) is 3.32. The Morgan fingerprint density at radius 3 is 2.68 bits per heavy atom. The van der Waals surface area contributed by atoms with Crippen LogP contribution in [0.1, 0.15) is 31.5 Å². The number of thioether (sulfide) groups is 1. The zero-order valence-electron chi connectivity index (χ0n) is 12.6. The van der Waals surface area contributed by atoms with Gasteiger partial charge in [-0.3, -0.25) is 4.79 Å². The van der Waals surface area contributed by atoms with Crippen LogP contribution in [0.3, 0.4) is 0 Å². The second-order valence-electron chi connectivity index (χ2n) is 5.48. The number of nitrogens with zero attached hydrogens (tertiary/aromatic N) is 4. The van der Waals surface area contributed by atoms with Crippen LogP contribution in [-0.4, -0.2) is 33.1 Å². The highest BCUT2D eigenvalue weighted by atomic mass is 32.2. The molecule has 1 saturated carbocycles. The first-order valence-electron chi connectivity index (χ1n) is 7.27. The maximum atomic E-state index is 12.5. The Morgan fingerprint density at radius 2 is 2.05 bits per heavy atom. The van der Waals surface area contributed by atoms with Crippen molar-refractivity contribution in [3.8, 4) is 0 Å². The molecule has 2 aromatic rings. The van der Waals surface area contributed by atoms with Crippen molar-refractivity contribution in [3.63, 3.8) is 0 Å². The lowest BCUT2D eigenvalue weighted by Gasteiger charge is -2.20. The zero-order chi connectivity index (χ0) is 15.7. The van der Waals surface area contributed by atoms with Gasteiger partial charge in [0.1, 0.15) is 0 Å². The molecule has 1 fully saturated rings. The first kappa shape index (κ1) is 14.9. The molecule has 0 bridgehead atoms. The summed E-state index contributed by atoms with van der Waals surface area (Å²) in [7, 11) is 1.78. The largest absolute Gasteiger partial charge is 0.336 e. The molecule has 2 N–H and O–H groups in total. The standard InChI is InChI=1S/C15H19N5OS/c1-10(14(21)19(2)12-6-4-3-5-7-12)22-15-18-17-13(20(15)16)11-8-9-11/h3-7,10-11H,8-9,16H2,1-2H3/t10-/m0/s1. The first-order valence-corrected chi connectivity index (χ1v) is 8.15. The maximum absolute atomic E-state index is 12.5. The number of benzene rings is 1. The monoisotopic (exact) mass is 317 g/mol. The third-order valence-electron chi connectivity index (χ3n) is 3.74. The predicted octanol–water partition coefficient (Wildman–Crippen LogP) is 2.01. The molecular weight excluding hydrogens is 298 g/mol. The minimum atomic E-state index is -0.288. The van der Waals surface area contributed by atoms with Gasteiger partial charge in [0.25, 0.3) is 0 Å². The van der Waals surface area contributed by atoms with Crippen LogP contribution < -0.4 is 10.7 Å². The molecule has 1 heterocycles. The van der Waals surface area contributed by atoms with E-state index in [4.69, 9.17) is 5.84 Å². The van der Waals surface area contributed by atoms with Crippen molar-refractivity contribution in [1.29, 1.82) is 0 Å². The van der Waals surface area contributed by atoms with Gasteiger partial charge in [0, 0.05) is 18.7 Å². The Morgan fingerprint density at radius 1 is 1.36 bits per heavy atom. The van der Waals surface area contributed by atoms with Gasteiger partial charge in [0.05, 0.1) is 5.25 Å². The maximum Gasteiger partial charge on any atom is 0.240 e. The number of carbonyl (C=O) groups is 1. The summed E-state index contributed by atoms with van der Waals surface area (Å²) in [6.45, 7) is 1.86. The smallest absolute Gasteiger partial charge is 0.240 e. The molecule has 6 nitrogen and oxygen atoms in total. The van der Waals surface area contributed by atoms with Gasteiger partial charge in [-0.2, -0.15) is 0 Å². The number of rotatable bonds is 5. The highest BCUT2D eigenvalue weighted by Crippen LogP contribution is 2.39. The van der Waals surface area contributed by atoms with Crippen molar-refractivity contribution in [2.45, 2.75) is 36.1 Å². The van der Waals surface area contributed by atoms with Gasteiger partial charge < -0.3 is 10.7 Å². The molecule has 1 aliphatic carbocycles. The number of nitrogens with two attached hydrogens (primary N) is 1. The number of carbonyl (C=O) groups excluding carboxylic acids is 1. The normalized spacial score (nSPS) is 15.5. The number of para-hydroxylation sites is 1. The van der Waals surface area contributed by atoms with Gasteiger partial charge in [-0.1, -0.05) is 30.0 Å². The number of hydrogen-bond acceptors (Lipinski definition) is 5. The fraction of sp³-hybridized carbons (Fsp3) is 0.400. The molecule has 3 rings (SSSR count). The van der Waals surface area contributed by atoms with Crippen molar-refractivity contribution in [1.82, 2.24) is 14.9 Å². The molecule has 1 aromatic carbocycles. The highest BCUT2D eigenvalue weighted by Gasteiger charge is 2.31. The molecule has 7 heteroatoms. The summed E-state index contributed by atoms with van der Waals surface area (Å²) >= 11 is 1.34. The summed E-state index contributed by atoms with van der Waals surface area (Å²) in [5.41, 5.74) is 0.868. The van der Waals surface area contributed by atoms with Crippen LogP contribution in [0, 0.1) is 0 Å². The van der Waals surface area contributed by atoms with E-state index < -0.39 is 0 Å². The number of amides is 1. The van der Waals surface area contributed by atoms with Gasteiger partial charge >= 0.3 is 0 Å². The number of anilines is 1. The van der Waals surface area contributed by atoms with E-state index >= 15 is 0 Å². The Bertz CT molecular complexity index is 668. The summed E-state index contributed by atoms with van der Waals surface area (Å²) in [4.78, 5) is 14.2. The van der Waals surface area contributed by atoms with E-state index in [0.29, 0.717) is 11.1 Å². The van der Waals surface area contributed by atoms with E-state index in [1.54, 1.807) is 11.9 Å². The van der Waals surface area contributed by atoms with Gasteiger partial charge in [-0.15, -0.1) is 10.2 Å². The van der Waals surface area contributed by atoms with Crippen molar-refractivity contribution in [2.75, 3.05) is 17.8 Å². The van der Waals surface area contributed by atoms with Crippen LogP contribution in [-0.2, 0) is 4.79 Å². The average molecular weight is 317 g/mol. The second-order valence-corrected chi connectivity index (χ2v) is 6.79. The van der Waals surface area contributed by atoms with Crippen molar-refractivity contribution in [2.24, 2.45) is 0 Å². The fourth-order valence-corrected chi connectivity index (χ4v) is 3.12. The number of nitrogen functional groups attached to an aromatic ring is 1. The fourth-order valence-electron chi connectivity index (χ4n) is 2.25. The van der Waals surface area contributed by atoms with Crippen LogP contribution in [0.4, 0.5) is 5.69 Å². The molecule has 1 amide bonds. The van der Waals surface area contributed by atoms with E-state index in [1.165, 1.54) is 16.4 Å². The molecule has 0 unspecified atom stereocenters. The van der Waals surface area contributed by atoms with E-state index in [-0.39, 0.29) is 11.2 Å². The van der Waals surface area contributed by atoms with E-state index in [9.17, 15) is 4.79 Å². The van der Waals surface area contributed by atoms with E-state index in [2.05, 4.69) is 10.2 Å². The van der Waals surface area contributed by atoms with Gasteiger partial charge in [-0.25, -0.2) is 4.68 Å². The lowest BCUT2D eigenvalue weighted by molar-refractivity contribution is -0.117. The van der Waals surface area contributed by atoms with Gasteiger partial charge in [0.2, 0.25) is 11.1 Å². The Labute approximate surface area is 133 Å². The first-order chi connectivity index (χ1) is 10.6. The second kappa shape index (κ2) is 6.00. The summed E-state index contributed by atoms with van der Waals surface area (Å²) < 4.78 is 1.52. The lowest BCUT2D eigenvalue weighted by Crippen LogP contribution is -2.33. The molecular formula is C15H19N5OS. The lowest BCUT2D eigenvalue weighted by atomic mass is 10.3. The highest BCUT2D eigenvalue weighted by molar-refractivity contribution is 8.00. The summed E-state index contributed by atoms with van der Waals surface area (Å²) in [6.07, 6.45) is 2.23. The van der Waals surface area contributed by atoms with Crippen LogP contribution in [0.2, 0.25) is 0 Å². The third-order valence-corrected chi connectivity index (χ3v) is 4.78. The van der Waals surface area contributed by atoms with E-state index in [1.807, 2.05) is 37.3 Å². The summed E-state index contributed by atoms with van der Waals surface area (Å²) in [5.74, 6) is 7.29. The Hall–Kier alpha value is -2.02. The summed E-state index contributed by atoms with van der Waals surface area (Å²) in [6, 6.07) is 9.57. The third kappa shape index (κ3) is 2.94. The molecule has 0 radical (unpaired) electrons. The van der Waals surface area contributed by atoms with Gasteiger partial charge in [-0.05, 0) is 31.9 Å². The summed E-state index contributed by atoms with van der Waals surface area (Å²) in [5, 5.41) is 8.55. The van der Waals surface area contributed by atoms with Crippen LogP contribution in [0.25, 0.3) is 0 Å². The SMILES string of the molecule is C[C@H](Sc1nnc(C2CC2)n1N)C(=O)N(C)c1ccccc1. The molecule has 1 atom stereocenters. The van der Waals surface area contributed by atoms with Crippen LogP contribution >= 0.6 is 11.8 Å². The number of hydrogen-bond donors (Lipinski definition) is 1. The van der Waals surface area contributed by atoms with Crippen molar-refractivity contribution >= 4 is 23.4 Å². The minimum Gasteiger partial charge on any atom is -0.336 e. The van der Waals surface area contributed by atoms with Crippen molar-refractivity contribution in [3.05, 3.63) is 36.2 Å². The quantitative estimate of drug-likeness (QED) is 0.674.